The molecule has 4 nitrogen and oxygen atoms in total. The van der Waals surface area contributed by atoms with Gasteiger partial charge in [0.2, 0.25) is 0 Å². The average molecular weight is 467 g/mol. The molecule has 1 fully saturated rings. The van der Waals surface area contributed by atoms with E-state index in [1.807, 2.05) is 0 Å². The molecule has 2 atom stereocenters. The summed E-state index contributed by atoms with van der Waals surface area (Å²) in [6.07, 6.45) is 24.7. The normalized spacial score (nSPS) is 18.2. The SMILES string of the molecule is CCCCCCCCCCCCCOC(=O)C1CCCCC1C(=O)OCCCCCCCC. The van der Waals surface area contributed by atoms with Gasteiger partial charge in [0.25, 0.3) is 0 Å². The molecule has 0 spiro atoms. The first-order valence-corrected chi connectivity index (χ1v) is 14.5. The Morgan fingerprint density at radius 1 is 0.515 bits per heavy atom. The van der Waals surface area contributed by atoms with E-state index in [4.69, 9.17) is 9.47 Å². The molecule has 0 amide bonds. The lowest BCUT2D eigenvalue weighted by atomic mass is 9.79. The number of esters is 2. The van der Waals surface area contributed by atoms with Gasteiger partial charge in [-0.3, -0.25) is 9.59 Å². The van der Waals surface area contributed by atoms with E-state index in [-0.39, 0.29) is 23.8 Å². The summed E-state index contributed by atoms with van der Waals surface area (Å²) in [5.41, 5.74) is 0. The standard InChI is InChI=1S/C29H54O4/c1-3-5-7-9-11-12-13-14-15-17-21-25-33-29(31)27-23-19-18-22-26(27)28(30)32-24-20-16-10-8-6-4-2/h26-27H,3-25H2,1-2H3. The number of ether oxygens (including phenoxy) is 2. The van der Waals surface area contributed by atoms with Crippen LogP contribution in [0.25, 0.3) is 0 Å². The number of hydrogen-bond acceptors (Lipinski definition) is 4. The predicted octanol–water partition coefficient (Wildman–Crippen LogP) is 8.55. The van der Waals surface area contributed by atoms with Crippen LogP contribution in [0.2, 0.25) is 0 Å². The molecule has 4 heteroatoms. The van der Waals surface area contributed by atoms with Gasteiger partial charge in [0, 0.05) is 0 Å². The van der Waals surface area contributed by atoms with Crippen LogP contribution in [-0.4, -0.2) is 25.2 Å². The lowest BCUT2D eigenvalue weighted by Crippen LogP contribution is -2.35. The van der Waals surface area contributed by atoms with Gasteiger partial charge in [-0.15, -0.1) is 0 Å². The lowest BCUT2D eigenvalue weighted by molar-refractivity contribution is -0.163. The van der Waals surface area contributed by atoms with E-state index in [9.17, 15) is 9.59 Å². The minimum Gasteiger partial charge on any atom is -0.465 e. The Morgan fingerprint density at radius 3 is 1.15 bits per heavy atom. The summed E-state index contributed by atoms with van der Waals surface area (Å²) < 4.78 is 11.1. The third-order valence-electron chi connectivity index (χ3n) is 7.11. The van der Waals surface area contributed by atoms with Crippen molar-refractivity contribution in [3.8, 4) is 0 Å². The highest BCUT2D eigenvalue weighted by Gasteiger charge is 2.37. The Balaban J connectivity index is 2.10. The molecule has 0 aromatic heterocycles. The zero-order valence-corrected chi connectivity index (χ0v) is 22.1. The van der Waals surface area contributed by atoms with Crippen molar-refractivity contribution in [2.75, 3.05) is 13.2 Å². The molecule has 0 aromatic carbocycles. The topological polar surface area (TPSA) is 52.6 Å². The molecule has 1 rings (SSSR count). The van der Waals surface area contributed by atoms with Gasteiger partial charge in [0.1, 0.15) is 0 Å². The molecule has 33 heavy (non-hydrogen) atoms. The highest BCUT2D eigenvalue weighted by molar-refractivity contribution is 5.82. The number of carbonyl (C=O) groups excluding carboxylic acids is 2. The molecule has 1 aliphatic rings. The first-order chi connectivity index (χ1) is 16.2. The van der Waals surface area contributed by atoms with E-state index in [0.29, 0.717) is 13.2 Å². The van der Waals surface area contributed by atoms with Crippen LogP contribution in [-0.2, 0) is 19.1 Å². The van der Waals surface area contributed by atoms with Crippen LogP contribution < -0.4 is 0 Å². The van der Waals surface area contributed by atoms with E-state index in [1.54, 1.807) is 0 Å². The van der Waals surface area contributed by atoms with Crippen molar-refractivity contribution >= 4 is 11.9 Å². The van der Waals surface area contributed by atoms with Crippen molar-refractivity contribution in [1.82, 2.24) is 0 Å². The Kier molecular flexibility index (Phi) is 19.5. The molecule has 0 N–H and O–H groups in total. The van der Waals surface area contributed by atoms with E-state index < -0.39 is 0 Å². The first-order valence-electron chi connectivity index (χ1n) is 14.5. The van der Waals surface area contributed by atoms with E-state index in [0.717, 1.165) is 51.4 Å². The molecule has 0 saturated heterocycles. The molecule has 1 aliphatic carbocycles. The van der Waals surface area contributed by atoms with Gasteiger partial charge in [-0.25, -0.2) is 0 Å². The minimum atomic E-state index is -0.302. The van der Waals surface area contributed by atoms with Crippen LogP contribution in [0.1, 0.15) is 149 Å². The lowest BCUT2D eigenvalue weighted by Gasteiger charge is -2.28. The average Bonchev–Trinajstić information content (AvgIpc) is 2.84. The fourth-order valence-electron chi connectivity index (χ4n) is 4.90. The summed E-state index contributed by atoms with van der Waals surface area (Å²) >= 11 is 0. The third kappa shape index (κ3) is 15.5. The maximum Gasteiger partial charge on any atom is 0.309 e. The van der Waals surface area contributed by atoms with E-state index in [2.05, 4.69) is 13.8 Å². The number of rotatable bonds is 21. The predicted molar refractivity (Wildman–Crippen MR) is 137 cm³/mol. The van der Waals surface area contributed by atoms with Gasteiger partial charge in [-0.1, -0.05) is 123 Å². The molecule has 0 bridgehead atoms. The van der Waals surface area contributed by atoms with Crippen molar-refractivity contribution in [1.29, 1.82) is 0 Å². The monoisotopic (exact) mass is 466 g/mol. The summed E-state index contributed by atoms with van der Waals surface area (Å²) in [5, 5.41) is 0. The van der Waals surface area contributed by atoms with Crippen LogP contribution in [0.4, 0.5) is 0 Å². The smallest absolute Gasteiger partial charge is 0.309 e. The maximum atomic E-state index is 12.6. The molecule has 0 heterocycles. The van der Waals surface area contributed by atoms with Crippen LogP contribution >= 0.6 is 0 Å². The van der Waals surface area contributed by atoms with Crippen LogP contribution in [0, 0.1) is 11.8 Å². The van der Waals surface area contributed by atoms with E-state index in [1.165, 1.54) is 83.5 Å². The Hall–Kier alpha value is -1.06. The molecular formula is C29H54O4. The van der Waals surface area contributed by atoms with Crippen molar-refractivity contribution in [2.24, 2.45) is 11.8 Å². The quantitative estimate of drug-likeness (QED) is 0.126. The minimum absolute atomic E-state index is 0.178. The highest BCUT2D eigenvalue weighted by Crippen LogP contribution is 2.32. The van der Waals surface area contributed by atoms with Gasteiger partial charge in [0.05, 0.1) is 25.0 Å². The number of hydrogen-bond donors (Lipinski definition) is 0. The molecule has 0 aromatic rings. The Labute approximate surface area is 205 Å². The fraction of sp³-hybridized carbons (Fsp3) is 0.931. The van der Waals surface area contributed by atoms with Crippen LogP contribution in [0.5, 0.6) is 0 Å². The molecular weight excluding hydrogens is 412 g/mol. The molecule has 2 unspecified atom stereocenters. The van der Waals surface area contributed by atoms with Crippen molar-refractivity contribution in [3.05, 3.63) is 0 Å². The maximum absolute atomic E-state index is 12.6. The third-order valence-corrected chi connectivity index (χ3v) is 7.11. The van der Waals surface area contributed by atoms with Crippen molar-refractivity contribution < 1.29 is 19.1 Å². The number of carbonyl (C=O) groups is 2. The van der Waals surface area contributed by atoms with Crippen molar-refractivity contribution in [3.63, 3.8) is 0 Å². The number of unbranched alkanes of at least 4 members (excludes halogenated alkanes) is 15. The van der Waals surface area contributed by atoms with Gasteiger partial charge in [-0.2, -0.15) is 0 Å². The summed E-state index contributed by atoms with van der Waals surface area (Å²) in [5.74, 6) is -0.963. The van der Waals surface area contributed by atoms with Gasteiger partial charge in [-0.05, 0) is 25.7 Å². The first kappa shape index (κ1) is 30.0. The zero-order valence-electron chi connectivity index (χ0n) is 22.1. The van der Waals surface area contributed by atoms with Gasteiger partial charge >= 0.3 is 11.9 Å². The second-order valence-electron chi connectivity index (χ2n) is 10.1. The Morgan fingerprint density at radius 2 is 0.818 bits per heavy atom. The summed E-state index contributed by atoms with van der Waals surface area (Å²) in [6.45, 7) is 5.45. The van der Waals surface area contributed by atoms with Gasteiger partial charge < -0.3 is 9.47 Å². The molecule has 0 radical (unpaired) electrons. The second-order valence-corrected chi connectivity index (χ2v) is 10.1. The molecule has 194 valence electrons. The van der Waals surface area contributed by atoms with Crippen molar-refractivity contribution in [2.45, 2.75) is 149 Å². The largest absolute Gasteiger partial charge is 0.465 e. The Bertz CT molecular complexity index is 476. The van der Waals surface area contributed by atoms with E-state index >= 15 is 0 Å². The highest BCUT2D eigenvalue weighted by atomic mass is 16.5. The molecule has 0 aliphatic heterocycles. The summed E-state index contributed by atoms with van der Waals surface area (Å²) in [4.78, 5) is 25.2. The fourth-order valence-corrected chi connectivity index (χ4v) is 4.90. The molecule has 1 saturated carbocycles. The van der Waals surface area contributed by atoms with Gasteiger partial charge in [0.15, 0.2) is 0 Å². The second kappa shape index (κ2) is 21.5. The zero-order chi connectivity index (χ0) is 24.0. The summed E-state index contributed by atoms with van der Waals surface area (Å²) in [7, 11) is 0. The van der Waals surface area contributed by atoms with Crippen LogP contribution in [0.15, 0.2) is 0 Å². The summed E-state index contributed by atoms with van der Waals surface area (Å²) in [6, 6.07) is 0. The van der Waals surface area contributed by atoms with Crippen LogP contribution in [0.3, 0.4) is 0 Å².